The van der Waals surface area contributed by atoms with E-state index in [1.165, 1.54) is 0 Å². The summed E-state index contributed by atoms with van der Waals surface area (Å²) in [5.41, 5.74) is 3.22. The number of aryl methyl sites for hydroxylation is 3. The highest BCUT2D eigenvalue weighted by atomic mass is 16.5. The lowest BCUT2D eigenvalue weighted by Gasteiger charge is -2.11. The van der Waals surface area contributed by atoms with Gasteiger partial charge in [-0.05, 0) is 31.4 Å². The van der Waals surface area contributed by atoms with Gasteiger partial charge in [-0.1, -0.05) is 25.1 Å². The molecule has 0 amide bonds. The van der Waals surface area contributed by atoms with Gasteiger partial charge < -0.3 is 4.74 Å². The van der Waals surface area contributed by atoms with Crippen molar-refractivity contribution in [3.63, 3.8) is 0 Å². The second-order valence-corrected chi connectivity index (χ2v) is 4.88. The molecule has 0 aliphatic rings. The van der Waals surface area contributed by atoms with Gasteiger partial charge in [0.25, 0.3) is 0 Å². The molecule has 0 N–H and O–H groups in total. The Balaban J connectivity index is 2.55. The molecule has 0 saturated heterocycles. The molecule has 1 aromatic heterocycles. The van der Waals surface area contributed by atoms with Crippen molar-refractivity contribution in [2.45, 2.75) is 33.7 Å². The van der Waals surface area contributed by atoms with Crippen LogP contribution >= 0.6 is 0 Å². The average Bonchev–Trinajstić information content (AvgIpc) is 2.81. The fourth-order valence-electron chi connectivity index (χ4n) is 2.42. The zero-order chi connectivity index (χ0) is 14.7. The molecule has 2 aromatic rings. The molecule has 4 nitrogen and oxygen atoms in total. The number of nitrogens with zero attached hydrogens (tertiary/aromatic N) is 2. The van der Waals surface area contributed by atoms with Crippen molar-refractivity contribution >= 4 is 5.78 Å². The highest BCUT2D eigenvalue weighted by Gasteiger charge is 2.23. The van der Waals surface area contributed by atoms with Crippen molar-refractivity contribution in [1.29, 1.82) is 0 Å². The summed E-state index contributed by atoms with van der Waals surface area (Å²) in [6, 6.07) is 5.86. The third-order valence-electron chi connectivity index (χ3n) is 3.38. The highest BCUT2D eigenvalue weighted by Crippen LogP contribution is 2.25. The lowest BCUT2D eigenvalue weighted by atomic mass is 9.97. The number of ether oxygens (including phenoxy) is 1. The number of aromatic nitrogens is 2. The second-order valence-electron chi connectivity index (χ2n) is 4.88. The van der Waals surface area contributed by atoms with Crippen LogP contribution in [0.5, 0.6) is 5.75 Å². The Morgan fingerprint density at radius 3 is 2.50 bits per heavy atom. The van der Waals surface area contributed by atoms with Crippen molar-refractivity contribution in [2.24, 2.45) is 0 Å². The minimum atomic E-state index is -0.0246. The summed E-state index contributed by atoms with van der Waals surface area (Å²) in [5, 5.41) is 4.25. The summed E-state index contributed by atoms with van der Waals surface area (Å²) in [6.07, 6.45) is 2.52. The number of hydrogen-bond acceptors (Lipinski definition) is 3. The summed E-state index contributed by atoms with van der Waals surface area (Å²) >= 11 is 0. The average molecular weight is 272 g/mol. The topological polar surface area (TPSA) is 44.1 Å². The normalized spacial score (nSPS) is 10.6. The number of methoxy groups -OCH3 is 1. The van der Waals surface area contributed by atoms with E-state index in [4.69, 9.17) is 4.74 Å². The minimum Gasteiger partial charge on any atom is -0.493 e. The zero-order valence-electron chi connectivity index (χ0n) is 12.4. The van der Waals surface area contributed by atoms with Gasteiger partial charge in [-0.3, -0.25) is 9.48 Å². The second kappa shape index (κ2) is 5.90. The Morgan fingerprint density at radius 1 is 1.30 bits per heavy atom. The van der Waals surface area contributed by atoms with E-state index in [1.807, 2.05) is 32.0 Å². The minimum absolute atomic E-state index is 0.0246. The highest BCUT2D eigenvalue weighted by molar-refractivity contribution is 6.11. The SMILES string of the molecule is CCCn1ncc(OC)c1C(=O)c1c(C)cccc1C. The predicted molar refractivity (Wildman–Crippen MR) is 78.4 cm³/mol. The number of ketones is 1. The molecule has 0 fully saturated rings. The molecule has 0 aliphatic carbocycles. The van der Waals surface area contributed by atoms with Crippen LogP contribution in [0.15, 0.2) is 24.4 Å². The van der Waals surface area contributed by atoms with Gasteiger partial charge in [-0.15, -0.1) is 0 Å². The van der Waals surface area contributed by atoms with Crippen molar-refractivity contribution in [3.05, 3.63) is 46.8 Å². The number of hydrogen-bond donors (Lipinski definition) is 0. The first-order chi connectivity index (χ1) is 9.60. The molecule has 0 bridgehead atoms. The Labute approximate surface area is 119 Å². The Kier molecular flexibility index (Phi) is 4.23. The third-order valence-corrected chi connectivity index (χ3v) is 3.38. The summed E-state index contributed by atoms with van der Waals surface area (Å²) in [4.78, 5) is 12.9. The van der Waals surface area contributed by atoms with Crippen molar-refractivity contribution in [2.75, 3.05) is 7.11 Å². The number of rotatable bonds is 5. The standard InChI is InChI=1S/C16H20N2O2/c1-5-9-18-15(13(20-4)10-17-18)16(19)14-11(2)7-6-8-12(14)3/h6-8,10H,5,9H2,1-4H3. The van der Waals surface area contributed by atoms with Crippen LogP contribution in [0.2, 0.25) is 0 Å². The maximum atomic E-state index is 12.9. The largest absolute Gasteiger partial charge is 0.493 e. The molecular weight excluding hydrogens is 252 g/mol. The molecule has 1 aromatic carbocycles. The van der Waals surface area contributed by atoms with E-state index in [2.05, 4.69) is 12.0 Å². The van der Waals surface area contributed by atoms with Crippen LogP contribution < -0.4 is 4.74 Å². The van der Waals surface area contributed by atoms with Crippen LogP contribution in [0, 0.1) is 13.8 Å². The van der Waals surface area contributed by atoms with Crippen molar-refractivity contribution < 1.29 is 9.53 Å². The molecule has 0 aliphatic heterocycles. The smallest absolute Gasteiger partial charge is 0.215 e. The Hall–Kier alpha value is -2.10. The first-order valence-electron chi connectivity index (χ1n) is 6.80. The maximum absolute atomic E-state index is 12.9. The van der Waals surface area contributed by atoms with Gasteiger partial charge in [0.1, 0.15) is 0 Å². The van der Waals surface area contributed by atoms with E-state index in [-0.39, 0.29) is 5.78 Å². The lowest BCUT2D eigenvalue weighted by molar-refractivity contribution is 0.102. The Morgan fingerprint density at radius 2 is 1.95 bits per heavy atom. The van der Waals surface area contributed by atoms with Crippen LogP contribution in [-0.4, -0.2) is 22.7 Å². The van der Waals surface area contributed by atoms with E-state index in [0.29, 0.717) is 18.0 Å². The van der Waals surface area contributed by atoms with Crippen LogP contribution in [-0.2, 0) is 6.54 Å². The molecule has 4 heteroatoms. The summed E-state index contributed by atoms with van der Waals surface area (Å²) in [5.74, 6) is 0.509. The maximum Gasteiger partial charge on any atom is 0.215 e. The molecule has 1 heterocycles. The molecule has 0 spiro atoms. The first-order valence-corrected chi connectivity index (χ1v) is 6.80. The summed E-state index contributed by atoms with van der Waals surface area (Å²) in [7, 11) is 1.56. The fraction of sp³-hybridized carbons (Fsp3) is 0.375. The number of carbonyl (C=O) groups is 1. The molecule has 0 unspecified atom stereocenters. The van der Waals surface area contributed by atoms with Gasteiger partial charge in [0.15, 0.2) is 11.4 Å². The van der Waals surface area contributed by atoms with E-state index in [0.717, 1.165) is 23.1 Å². The molecule has 0 saturated carbocycles. The van der Waals surface area contributed by atoms with Crippen molar-refractivity contribution in [3.8, 4) is 5.75 Å². The molecule has 2 rings (SSSR count). The van der Waals surface area contributed by atoms with E-state index < -0.39 is 0 Å². The molecule has 0 atom stereocenters. The van der Waals surface area contributed by atoms with Crippen LogP contribution in [0.4, 0.5) is 0 Å². The predicted octanol–water partition coefficient (Wildman–Crippen LogP) is 3.15. The number of benzene rings is 1. The van der Waals surface area contributed by atoms with Gasteiger partial charge in [0.2, 0.25) is 5.78 Å². The van der Waals surface area contributed by atoms with Gasteiger partial charge >= 0.3 is 0 Å². The lowest BCUT2D eigenvalue weighted by Crippen LogP contribution is -2.14. The van der Waals surface area contributed by atoms with E-state index in [1.54, 1.807) is 18.0 Å². The van der Waals surface area contributed by atoms with Gasteiger partial charge in [0.05, 0.1) is 13.3 Å². The van der Waals surface area contributed by atoms with Crippen LogP contribution in [0.1, 0.15) is 40.5 Å². The van der Waals surface area contributed by atoms with E-state index >= 15 is 0 Å². The quantitative estimate of drug-likeness (QED) is 0.785. The van der Waals surface area contributed by atoms with Gasteiger partial charge in [0, 0.05) is 12.1 Å². The van der Waals surface area contributed by atoms with Crippen LogP contribution in [0.25, 0.3) is 0 Å². The third kappa shape index (κ3) is 2.46. The molecule has 106 valence electrons. The molecule has 0 radical (unpaired) electrons. The van der Waals surface area contributed by atoms with Crippen LogP contribution in [0.3, 0.4) is 0 Å². The van der Waals surface area contributed by atoms with E-state index in [9.17, 15) is 4.79 Å². The summed E-state index contributed by atoms with van der Waals surface area (Å²) < 4.78 is 7.02. The summed E-state index contributed by atoms with van der Waals surface area (Å²) in [6.45, 7) is 6.66. The van der Waals surface area contributed by atoms with Gasteiger partial charge in [-0.25, -0.2) is 0 Å². The van der Waals surface area contributed by atoms with Gasteiger partial charge in [-0.2, -0.15) is 5.10 Å². The molecule has 20 heavy (non-hydrogen) atoms. The van der Waals surface area contributed by atoms with Crippen molar-refractivity contribution in [1.82, 2.24) is 9.78 Å². The Bertz CT molecular complexity index is 609. The molecular formula is C16H20N2O2. The monoisotopic (exact) mass is 272 g/mol. The number of carbonyl (C=O) groups excluding carboxylic acids is 1. The zero-order valence-corrected chi connectivity index (χ0v) is 12.4. The first kappa shape index (κ1) is 14.3. The fourth-order valence-corrected chi connectivity index (χ4v) is 2.42.